The summed E-state index contributed by atoms with van der Waals surface area (Å²) in [7, 11) is 0. The monoisotopic (exact) mass is 178 g/mol. The lowest BCUT2D eigenvalue weighted by Crippen LogP contribution is -2.40. The van der Waals surface area contributed by atoms with Gasteiger partial charge in [0.05, 0.1) is 0 Å². The topological polar surface area (TPSA) is 54.0 Å². The first kappa shape index (κ1) is 9.67. The van der Waals surface area contributed by atoms with E-state index >= 15 is 0 Å². The van der Waals surface area contributed by atoms with Crippen LogP contribution < -0.4 is 5.84 Å². The summed E-state index contributed by atoms with van der Waals surface area (Å²) in [5.74, 6) is 7.53. The minimum Gasteiger partial charge on any atom is -0.248 e. The average molecular weight is 178 g/mol. The molecule has 0 amide bonds. The third-order valence-electron chi connectivity index (χ3n) is 1.66. The van der Waals surface area contributed by atoms with Gasteiger partial charge >= 0.3 is 0 Å². The number of nitrogens with two attached hydrogens (primary N) is 1. The average Bonchev–Trinajstić information content (AvgIpc) is 2.08. The fourth-order valence-corrected chi connectivity index (χ4v) is 1.04. The van der Waals surface area contributed by atoms with Gasteiger partial charge < -0.3 is 0 Å². The Bertz CT molecular complexity index is 286. The molecule has 0 radical (unpaired) electrons. The highest BCUT2D eigenvalue weighted by molar-refractivity contribution is 5.92. The van der Waals surface area contributed by atoms with Crippen LogP contribution in [0.15, 0.2) is 34.5 Å². The van der Waals surface area contributed by atoms with Gasteiger partial charge in [0.2, 0.25) is 0 Å². The van der Waals surface area contributed by atoms with Gasteiger partial charge in [-0.3, -0.25) is 0 Å². The quantitative estimate of drug-likeness (QED) is 0.648. The van der Waals surface area contributed by atoms with Crippen LogP contribution in [0.1, 0.15) is 13.8 Å². The first-order chi connectivity index (χ1) is 6.16. The lowest BCUT2D eigenvalue weighted by Gasteiger charge is -2.24. The van der Waals surface area contributed by atoms with E-state index < -0.39 is 0 Å². The molecular weight excluding hydrogens is 164 g/mol. The Morgan fingerprint density at radius 2 is 2.31 bits per heavy atom. The number of hydrogen-bond donors (Lipinski definition) is 1. The van der Waals surface area contributed by atoms with E-state index in [1.165, 1.54) is 11.3 Å². The van der Waals surface area contributed by atoms with Crippen molar-refractivity contribution in [3.8, 4) is 0 Å². The number of amidine groups is 1. The van der Waals surface area contributed by atoms with Crippen molar-refractivity contribution >= 4 is 12.2 Å². The van der Waals surface area contributed by atoms with Crippen molar-refractivity contribution in [2.24, 2.45) is 21.7 Å². The van der Waals surface area contributed by atoms with Crippen LogP contribution in [0.5, 0.6) is 0 Å². The summed E-state index contributed by atoms with van der Waals surface area (Å²) in [6.07, 6.45) is 4.90. The molecule has 0 aromatic carbocycles. The van der Waals surface area contributed by atoms with Gasteiger partial charge in [0.15, 0.2) is 0 Å². The van der Waals surface area contributed by atoms with Crippen LogP contribution in [0, 0.1) is 5.92 Å². The molecule has 13 heavy (non-hydrogen) atoms. The second-order valence-corrected chi connectivity index (χ2v) is 3.02. The van der Waals surface area contributed by atoms with Crippen LogP contribution in [0.3, 0.4) is 0 Å². The molecule has 0 aromatic rings. The second-order valence-electron chi connectivity index (χ2n) is 3.02. The first-order valence-corrected chi connectivity index (χ1v) is 4.14. The van der Waals surface area contributed by atoms with E-state index in [0.717, 1.165) is 5.84 Å². The minimum absolute atomic E-state index is 0.282. The Kier molecular flexibility index (Phi) is 2.97. The maximum atomic E-state index is 5.78. The van der Waals surface area contributed by atoms with Crippen molar-refractivity contribution in [2.75, 3.05) is 0 Å². The normalized spacial score (nSPS) is 19.5. The highest BCUT2D eigenvalue weighted by Crippen LogP contribution is 2.11. The molecule has 0 aromatic heterocycles. The van der Waals surface area contributed by atoms with Gasteiger partial charge in [-0.2, -0.15) is 0 Å². The fraction of sp³-hybridized carbons (Fsp3) is 0.333. The number of hydrazine groups is 1. The molecule has 1 aliphatic rings. The van der Waals surface area contributed by atoms with E-state index in [2.05, 4.69) is 16.6 Å². The maximum absolute atomic E-state index is 5.78. The molecule has 0 bridgehead atoms. The molecule has 0 unspecified atom stereocenters. The number of rotatable bonds is 2. The lowest BCUT2D eigenvalue weighted by atomic mass is 10.2. The van der Waals surface area contributed by atoms with Gasteiger partial charge in [-0.1, -0.05) is 26.5 Å². The van der Waals surface area contributed by atoms with Gasteiger partial charge in [0.25, 0.3) is 0 Å². The summed E-state index contributed by atoms with van der Waals surface area (Å²) in [6.45, 7) is 7.65. The zero-order valence-electron chi connectivity index (χ0n) is 7.94. The smallest absolute Gasteiger partial charge is 0.150 e. The van der Waals surface area contributed by atoms with E-state index in [0.29, 0.717) is 5.82 Å². The van der Waals surface area contributed by atoms with E-state index in [1.807, 2.05) is 13.8 Å². The molecule has 4 heteroatoms. The maximum Gasteiger partial charge on any atom is 0.150 e. The van der Waals surface area contributed by atoms with Gasteiger partial charge in [0.1, 0.15) is 18.0 Å². The number of hydrogen-bond acceptors (Lipinski definition) is 4. The molecule has 1 heterocycles. The Balaban J connectivity index is 2.92. The summed E-state index contributed by atoms with van der Waals surface area (Å²) < 4.78 is 0. The SMILES string of the molecule is C=C/C=C1/N=CN=C(C(C)C)N1N. The standard InChI is InChI=1S/C9H14N4/c1-4-5-8-11-6-12-9(7(2)3)13(8)10/h4-7H,1,10H2,2-3H3/b8-5-. The molecule has 0 atom stereocenters. The number of nitrogens with zero attached hydrogens (tertiary/aromatic N) is 3. The third kappa shape index (κ3) is 2.03. The highest BCUT2D eigenvalue weighted by atomic mass is 15.5. The van der Waals surface area contributed by atoms with Crippen molar-refractivity contribution in [1.29, 1.82) is 0 Å². The zero-order chi connectivity index (χ0) is 9.84. The van der Waals surface area contributed by atoms with Crippen LogP contribution in [-0.2, 0) is 0 Å². The summed E-state index contributed by atoms with van der Waals surface area (Å²) in [6, 6.07) is 0. The van der Waals surface area contributed by atoms with Crippen molar-refractivity contribution in [3.63, 3.8) is 0 Å². The summed E-state index contributed by atoms with van der Waals surface area (Å²) in [5.41, 5.74) is 0. The summed E-state index contributed by atoms with van der Waals surface area (Å²) in [5, 5.41) is 1.48. The molecule has 0 spiro atoms. The molecule has 2 N–H and O–H groups in total. The van der Waals surface area contributed by atoms with Gasteiger partial charge in [-0.15, -0.1) is 0 Å². The molecule has 0 saturated carbocycles. The Morgan fingerprint density at radius 3 is 2.85 bits per heavy atom. The van der Waals surface area contributed by atoms with Crippen molar-refractivity contribution in [3.05, 3.63) is 24.6 Å². The molecule has 70 valence electrons. The molecule has 4 nitrogen and oxygen atoms in total. The van der Waals surface area contributed by atoms with Gasteiger partial charge in [-0.25, -0.2) is 20.8 Å². The summed E-state index contributed by atoms with van der Waals surface area (Å²) >= 11 is 0. The predicted molar refractivity (Wildman–Crippen MR) is 55.1 cm³/mol. The van der Waals surface area contributed by atoms with E-state index in [4.69, 9.17) is 5.84 Å². The molecule has 0 aliphatic carbocycles. The van der Waals surface area contributed by atoms with E-state index in [-0.39, 0.29) is 5.92 Å². The van der Waals surface area contributed by atoms with Crippen molar-refractivity contribution in [1.82, 2.24) is 5.01 Å². The van der Waals surface area contributed by atoms with Crippen LogP contribution >= 0.6 is 0 Å². The molecule has 1 rings (SSSR count). The largest absolute Gasteiger partial charge is 0.248 e. The van der Waals surface area contributed by atoms with Crippen LogP contribution in [0.2, 0.25) is 0 Å². The van der Waals surface area contributed by atoms with E-state index in [1.54, 1.807) is 12.2 Å². The van der Waals surface area contributed by atoms with Crippen LogP contribution in [0.25, 0.3) is 0 Å². The lowest BCUT2D eigenvalue weighted by molar-refractivity contribution is 0.502. The number of allylic oxidation sites excluding steroid dienone is 2. The van der Waals surface area contributed by atoms with Crippen LogP contribution in [0.4, 0.5) is 0 Å². The fourth-order valence-electron chi connectivity index (χ4n) is 1.04. The molecular formula is C9H14N4. The summed E-state index contributed by atoms with van der Waals surface area (Å²) in [4.78, 5) is 8.10. The Morgan fingerprint density at radius 1 is 1.62 bits per heavy atom. The Labute approximate surface area is 78.1 Å². The van der Waals surface area contributed by atoms with E-state index in [9.17, 15) is 0 Å². The van der Waals surface area contributed by atoms with Crippen LogP contribution in [-0.4, -0.2) is 17.2 Å². The predicted octanol–water partition coefficient (Wildman–Crippen LogP) is 1.29. The minimum atomic E-state index is 0.282. The molecule has 0 saturated heterocycles. The highest BCUT2D eigenvalue weighted by Gasteiger charge is 2.16. The molecule has 1 aliphatic heterocycles. The van der Waals surface area contributed by atoms with Crippen molar-refractivity contribution < 1.29 is 0 Å². The molecule has 0 fully saturated rings. The first-order valence-electron chi connectivity index (χ1n) is 4.14. The third-order valence-corrected chi connectivity index (χ3v) is 1.66. The van der Waals surface area contributed by atoms with Crippen molar-refractivity contribution in [2.45, 2.75) is 13.8 Å². The number of aliphatic imine (C=N–C) groups is 2. The van der Waals surface area contributed by atoms with Gasteiger partial charge in [0, 0.05) is 5.92 Å². The van der Waals surface area contributed by atoms with Gasteiger partial charge in [-0.05, 0) is 6.08 Å². The Hall–Kier alpha value is -1.42. The second kappa shape index (κ2) is 4.00. The zero-order valence-corrected chi connectivity index (χ0v) is 7.94.